The first-order valence-electron chi connectivity index (χ1n) is 7.75. The second kappa shape index (κ2) is 7.15. The van der Waals surface area contributed by atoms with Crippen molar-refractivity contribution in [3.63, 3.8) is 0 Å². The normalized spacial score (nSPS) is 15.4. The van der Waals surface area contributed by atoms with Gasteiger partial charge in [0.25, 0.3) is 0 Å². The molecule has 0 radical (unpaired) electrons. The Morgan fingerprint density at radius 3 is 2.67 bits per heavy atom. The Morgan fingerprint density at radius 2 is 2.04 bits per heavy atom. The van der Waals surface area contributed by atoms with Crippen LogP contribution in [0.5, 0.6) is 0 Å². The van der Waals surface area contributed by atoms with Gasteiger partial charge in [0.05, 0.1) is 28.6 Å². The molecule has 1 aliphatic carbocycles. The van der Waals surface area contributed by atoms with Gasteiger partial charge in [0.2, 0.25) is 0 Å². The Hall–Kier alpha value is -0.890. The molecule has 0 unspecified atom stereocenters. The van der Waals surface area contributed by atoms with Crippen LogP contribution in [0.1, 0.15) is 24.8 Å². The zero-order valence-electron chi connectivity index (χ0n) is 13.2. The third-order valence-corrected chi connectivity index (χ3v) is 5.11. The van der Waals surface area contributed by atoms with E-state index < -0.39 is 11.4 Å². The van der Waals surface area contributed by atoms with Crippen LogP contribution in [0.2, 0.25) is 5.02 Å². The van der Waals surface area contributed by atoms with Gasteiger partial charge in [0, 0.05) is 16.1 Å². The van der Waals surface area contributed by atoms with Crippen LogP contribution < -0.4 is 5.06 Å². The number of aliphatic hydroxyl groups is 1. The van der Waals surface area contributed by atoms with E-state index in [1.807, 2.05) is 25.1 Å². The highest BCUT2D eigenvalue weighted by atomic mass is 127. The molecule has 2 aromatic carbocycles. The molecule has 6 heteroatoms. The van der Waals surface area contributed by atoms with Crippen molar-refractivity contribution in [2.24, 2.45) is 0 Å². The summed E-state index contributed by atoms with van der Waals surface area (Å²) in [7, 11) is 0. The van der Waals surface area contributed by atoms with Crippen molar-refractivity contribution in [3.8, 4) is 0 Å². The molecule has 24 heavy (non-hydrogen) atoms. The van der Waals surface area contributed by atoms with Gasteiger partial charge in [-0.1, -0.05) is 11.6 Å². The maximum Gasteiger partial charge on any atom is 0.143 e. The van der Waals surface area contributed by atoms with Crippen molar-refractivity contribution in [1.29, 1.82) is 0 Å². The lowest BCUT2D eigenvalue weighted by Crippen LogP contribution is -2.22. The Morgan fingerprint density at radius 1 is 1.29 bits per heavy atom. The van der Waals surface area contributed by atoms with Crippen molar-refractivity contribution < 1.29 is 14.3 Å². The summed E-state index contributed by atoms with van der Waals surface area (Å²) in [6.07, 6.45) is 2.19. The van der Waals surface area contributed by atoms with E-state index in [9.17, 15) is 9.50 Å². The first kappa shape index (κ1) is 17.9. The number of hydrogen-bond donors (Lipinski definition) is 1. The number of nitrogens with zero attached hydrogens (tertiary/aromatic N) is 1. The molecule has 0 aromatic heterocycles. The molecule has 0 aliphatic heterocycles. The van der Waals surface area contributed by atoms with Gasteiger partial charge in [0.1, 0.15) is 5.82 Å². The number of anilines is 2. The fraction of sp³-hybridized carbons (Fsp3) is 0.333. The number of aryl methyl sites for hydroxylation is 1. The quantitative estimate of drug-likeness (QED) is 0.463. The highest BCUT2D eigenvalue weighted by Gasteiger charge is 2.39. The van der Waals surface area contributed by atoms with Crippen LogP contribution in [-0.4, -0.2) is 17.3 Å². The molecule has 2 aromatic rings. The van der Waals surface area contributed by atoms with Gasteiger partial charge in [0.15, 0.2) is 0 Å². The lowest BCUT2D eigenvalue weighted by Gasteiger charge is -2.26. The summed E-state index contributed by atoms with van der Waals surface area (Å²) in [6.45, 7) is 2.33. The fourth-order valence-electron chi connectivity index (χ4n) is 2.46. The topological polar surface area (TPSA) is 32.7 Å². The monoisotopic (exact) mass is 461 g/mol. The lowest BCUT2D eigenvalue weighted by molar-refractivity contribution is 0.0693. The number of benzene rings is 2. The summed E-state index contributed by atoms with van der Waals surface area (Å²) >= 11 is 8.03. The molecule has 0 spiro atoms. The predicted octanol–water partition coefficient (Wildman–Crippen LogP) is 5.38. The molecule has 0 heterocycles. The summed E-state index contributed by atoms with van der Waals surface area (Å²) in [5.41, 5.74) is 1.82. The van der Waals surface area contributed by atoms with Crippen molar-refractivity contribution in [3.05, 3.63) is 56.4 Å². The highest BCUT2D eigenvalue weighted by Crippen LogP contribution is 2.39. The van der Waals surface area contributed by atoms with E-state index in [1.54, 1.807) is 11.1 Å². The van der Waals surface area contributed by atoms with Gasteiger partial charge >= 0.3 is 0 Å². The summed E-state index contributed by atoms with van der Waals surface area (Å²) < 4.78 is 15.0. The number of hydrogen-bond acceptors (Lipinski definition) is 3. The van der Waals surface area contributed by atoms with Gasteiger partial charge in [-0.2, -0.15) is 0 Å². The molecule has 3 nitrogen and oxygen atoms in total. The maximum absolute atomic E-state index is 13.9. The van der Waals surface area contributed by atoms with Gasteiger partial charge in [-0.05, 0) is 78.3 Å². The van der Waals surface area contributed by atoms with Gasteiger partial charge < -0.3 is 5.11 Å². The third kappa shape index (κ3) is 4.20. The summed E-state index contributed by atoms with van der Waals surface area (Å²) in [6, 6.07) is 10.5. The van der Waals surface area contributed by atoms with E-state index in [-0.39, 0.29) is 5.02 Å². The first-order chi connectivity index (χ1) is 11.4. The van der Waals surface area contributed by atoms with E-state index in [1.165, 1.54) is 12.1 Å². The third-order valence-electron chi connectivity index (χ3n) is 4.13. The van der Waals surface area contributed by atoms with E-state index in [4.69, 9.17) is 16.4 Å². The SMILES string of the molecule is Cc1cc(I)ccc1N(OCCC1(O)CC1)c1ccc(Cl)c(F)c1. The molecular formula is C18H18ClFINO2. The van der Waals surface area contributed by atoms with Crippen LogP contribution in [0.15, 0.2) is 36.4 Å². The highest BCUT2D eigenvalue weighted by molar-refractivity contribution is 14.1. The Bertz CT molecular complexity index is 752. The Kier molecular flexibility index (Phi) is 5.34. The van der Waals surface area contributed by atoms with Crippen LogP contribution in [-0.2, 0) is 4.84 Å². The molecule has 0 bridgehead atoms. The van der Waals surface area contributed by atoms with Gasteiger partial charge in [-0.25, -0.2) is 9.45 Å². The largest absolute Gasteiger partial charge is 0.390 e. The molecule has 1 N–H and O–H groups in total. The summed E-state index contributed by atoms with van der Waals surface area (Å²) in [4.78, 5) is 5.91. The smallest absolute Gasteiger partial charge is 0.143 e. The van der Waals surface area contributed by atoms with E-state index in [2.05, 4.69) is 22.6 Å². The molecule has 0 saturated heterocycles. The lowest BCUT2D eigenvalue weighted by atomic mass is 10.2. The van der Waals surface area contributed by atoms with Crippen LogP contribution in [0.25, 0.3) is 0 Å². The molecule has 1 aliphatic rings. The molecule has 1 saturated carbocycles. The van der Waals surface area contributed by atoms with Crippen molar-refractivity contribution in [2.75, 3.05) is 11.7 Å². The van der Waals surface area contributed by atoms with Crippen LogP contribution in [0.3, 0.4) is 0 Å². The van der Waals surface area contributed by atoms with Crippen LogP contribution >= 0.6 is 34.2 Å². The Labute approximate surface area is 159 Å². The second-order valence-electron chi connectivity index (χ2n) is 6.13. The molecule has 1 fully saturated rings. The number of halogens is 3. The van der Waals surface area contributed by atoms with Crippen molar-refractivity contribution in [1.82, 2.24) is 0 Å². The van der Waals surface area contributed by atoms with E-state index in [0.717, 1.165) is 27.7 Å². The molecule has 0 atom stereocenters. The first-order valence-corrected chi connectivity index (χ1v) is 9.20. The summed E-state index contributed by atoms with van der Waals surface area (Å²) in [5, 5.41) is 11.7. The maximum atomic E-state index is 13.9. The minimum atomic E-state index is -0.585. The Balaban J connectivity index is 1.88. The zero-order chi connectivity index (χ0) is 17.3. The molecule has 3 rings (SSSR count). The van der Waals surface area contributed by atoms with Gasteiger partial charge in [-0.15, -0.1) is 0 Å². The van der Waals surface area contributed by atoms with Gasteiger partial charge in [-0.3, -0.25) is 4.84 Å². The molecule has 0 amide bonds. The standard InChI is InChI=1S/C18H18ClFINO2/c1-12-10-13(21)2-5-17(12)22(24-9-8-18(23)6-7-18)14-3-4-15(19)16(20)11-14/h2-5,10-11,23H,6-9H2,1H3. The van der Waals surface area contributed by atoms with Crippen molar-refractivity contribution >= 4 is 45.6 Å². The fourth-order valence-corrected chi connectivity index (χ4v) is 3.23. The van der Waals surface area contributed by atoms with Crippen LogP contribution in [0, 0.1) is 16.3 Å². The minimum Gasteiger partial charge on any atom is -0.390 e. The summed E-state index contributed by atoms with van der Waals surface area (Å²) in [5.74, 6) is -0.494. The molecular weight excluding hydrogens is 444 g/mol. The average Bonchev–Trinajstić information content (AvgIpc) is 3.25. The van der Waals surface area contributed by atoms with Crippen molar-refractivity contribution in [2.45, 2.75) is 31.8 Å². The molecule has 128 valence electrons. The van der Waals surface area contributed by atoms with E-state index >= 15 is 0 Å². The number of rotatable bonds is 6. The zero-order valence-corrected chi connectivity index (χ0v) is 16.1. The minimum absolute atomic E-state index is 0.0744. The second-order valence-corrected chi connectivity index (χ2v) is 7.78. The van der Waals surface area contributed by atoms with Crippen LogP contribution in [0.4, 0.5) is 15.8 Å². The average molecular weight is 462 g/mol. The van der Waals surface area contributed by atoms with E-state index in [0.29, 0.717) is 18.7 Å². The predicted molar refractivity (Wildman–Crippen MR) is 102 cm³/mol.